The van der Waals surface area contributed by atoms with Gasteiger partial charge in [0, 0.05) is 18.7 Å². The molecular formula is C26H25FN2O3. The zero-order valence-electron chi connectivity index (χ0n) is 17.8. The van der Waals surface area contributed by atoms with E-state index in [-0.39, 0.29) is 24.1 Å². The van der Waals surface area contributed by atoms with Crippen LogP contribution in [0.25, 0.3) is 0 Å². The predicted octanol–water partition coefficient (Wildman–Crippen LogP) is 4.64. The summed E-state index contributed by atoms with van der Waals surface area (Å²) in [5, 5.41) is 2.97. The van der Waals surface area contributed by atoms with Crippen LogP contribution in [0, 0.1) is 11.7 Å². The maximum atomic E-state index is 13.3. The molecule has 1 N–H and O–H groups in total. The minimum atomic E-state index is -0.431. The second kappa shape index (κ2) is 9.64. The van der Waals surface area contributed by atoms with Gasteiger partial charge in [-0.15, -0.1) is 0 Å². The molecule has 4 rings (SSSR count). The van der Waals surface area contributed by atoms with Gasteiger partial charge >= 0.3 is 0 Å². The van der Waals surface area contributed by atoms with Crippen molar-refractivity contribution in [3.63, 3.8) is 0 Å². The fraction of sp³-hybridized carbons (Fsp3) is 0.231. The predicted molar refractivity (Wildman–Crippen MR) is 121 cm³/mol. The molecule has 0 unspecified atom stereocenters. The van der Waals surface area contributed by atoms with E-state index in [0.29, 0.717) is 18.7 Å². The molecular weight excluding hydrogens is 407 g/mol. The molecule has 1 saturated heterocycles. The number of halogens is 1. The van der Waals surface area contributed by atoms with Crippen molar-refractivity contribution in [1.29, 1.82) is 0 Å². The van der Waals surface area contributed by atoms with Gasteiger partial charge in [0.05, 0.1) is 19.1 Å². The van der Waals surface area contributed by atoms with Crippen molar-refractivity contribution in [3.8, 4) is 5.75 Å². The van der Waals surface area contributed by atoms with Gasteiger partial charge in [-0.2, -0.15) is 0 Å². The molecule has 2 amide bonds. The number of anilines is 1. The fourth-order valence-corrected chi connectivity index (χ4v) is 4.17. The van der Waals surface area contributed by atoms with Crippen LogP contribution in [-0.4, -0.2) is 18.9 Å². The Morgan fingerprint density at radius 2 is 1.72 bits per heavy atom. The second-order valence-corrected chi connectivity index (χ2v) is 7.81. The SMILES string of the molecule is COc1ccc(N2C(=O)CC[C@@H](C(=O)NCc3ccc(F)cc3)[C@H]2c2ccccc2)cc1. The lowest BCUT2D eigenvalue weighted by atomic mass is 9.83. The number of carbonyl (C=O) groups excluding carboxylic acids is 2. The smallest absolute Gasteiger partial charge is 0.227 e. The number of methoxy groups -OCH3 is 1. The molecule has 0 saturated carbocycles. The monoisotopic (exact) mass is 432 g/mol. The van der Waals surface area contributed by atoms with Gasteiger partial charge in [0.2, 0.25) is 11.8 Å². The minimum Gasteiger partial charge on any atom is -0.497 e. The van der Waals surface area contributed by atoms with Crippen molar-refractivity contribution >= 4 is 17.5 Å². The summed E-state index contributed by atoms with van der Waals surface area (Å²) in [4.78, 5) is 28.0. The molecule has 5 nitrogen and oxygen atoms in total. The maximum Gasteiger partial charge on any atom is 0.227 e. The molecule has 0 radical (unpaired) electrons. The molecule has 1 aliphatic rings. The Morgan fingerprint density at radius 3 is 2.38 bits per heavy atom. The largest absolute Gasteiger partial charge is 0.497 e. The average Bonchev–Trinajstić information content (AvgIpc) is 2.84. The Labute approximate surface area is 186 Å². The Balaban J connectivity index is 1.63. The van der Waals surface area contributed by atoms with E-state index in [0.717, 1.165) is 16.8 Å². The first-order valence-electron chi connectivity index (χ1n) is 10.6. The molecule has 0 bridgehead atoms. The Morgan fingerprint density at radius 1 is 1.03 bits per heavy atom. The van der Waals surface area contributed by atoms with Crippen molar-refractivity contribution in [2.24, 2.45) is 5.92 Å². The summed E-state index contributed by atoms with van der Waals surface area (Å²) in [5.74, 6) is -0.188. The van der Waals surface area contributed by atoms with Crippen LogP contribution >= 0.6 is 0 Å². The molecule has 2 atom stereocenters. The molecule has 0 aromatic heterocycles. The van der Waals surface area contributed by atoms with Crippen LogP contribution in [0.4, 0.5) is 10.1 Å². The van der Waals surface area contributed by atoms with E-state index in [1.807, 2.05) is 54.6 Å². The molecule has 1 fully saturated rings. The topological polar surface area (TPSA) is 58.6 Å². The number of ether oxygens (including phenoxy) is 1. The van der Waals surface area contributed by atoms with Crippen LogP contribution < -0.4 is 15.0 Å². The number of benzene rings is 3. The third-order valence-electron chi connectivity index (χ3n) is 5.81. The molecule has 1 aliphatic heterocycles. The second-order valence-electron chi connectivity index (χ2n) is 7.81. The number of nitrogens with one attached hydrogen (secondary N) is 1. The van der Waals surface area contributed by atoms with E-state index in [2.05, 4.69) is 5.32 Å². The van der Waals surface area contributed by atoms with Crippen molar-refractivity contribution in [2.45, 2.75) is 25.4 Å². The number of carbonyl (C=O) groups is 2. The highest BCUT2D eigenvalue weighted by Gasteiger charge is 2.41. The van der Waals surface area contributed by atoms with E-state index in [1.165, 1.54) is 12.1 Å². The van der Waals surface area contributed by atoms with Crippen LogP contribution in [0.1, 0.15) is 30.0 Å². The zero-order valence-corrected chi connectivity index (χ0v) is 17.8. The van der Waals surface area contributed by atoms with E-state index in [4.69, 9.17) is 4.74 Å². The van der Waals surface area contributed by atoms with Crippen molar-refractivity contribution in [1.82, 2.24) is 5.32 Å². The lowest BCUT2D eigenvalue weighted by molar-refractivity contribution is -0.129. The molecule has 164 valence electrons. The number of hydrogen-bond acceptors (Lipinski definition) is 3. The van der Waals surface area contributed by atoms with Gasteiger partial charge in [0.15, 0.2) is 0 Å². The summed E-state index contributed by atoms with van der Waals surface area (Å²) in [6.07, 6.45) is 0.740. The van der Waals surface area contributed by atoms with E-state index < -0.39 is 12.0 Å². The lowest BCUT2D eigenvalue weighted by Gasteiger charge is -2.41. The fourth-order valence-electron chi connectivity index (χ4n) is 4.17. The van der Waals surface area contributed by atoms with Gasteiger partial charge in [-0.25, -0.2) is 4.39 Å². The van der Waals surface area contributed by atoms with Gasteiger partial charge in [-0.3, -0.25) is 9.59 Å². The highest BCUT2D eigenvalue weighted by Crippen LogP contribution is 2.40. The van der Waals surface area contributed by atoms with Crippen LogP contribution in [0.15, 0.2) is 78.9 Å². The summed E-state index contributed by atoms with van der Waals surface area (Å²) >= 11 is 0. The lowest BCUT2D eigenvalue weighted by Crippen LogP contribution is -2.48. The quantitative estimate of drug-likeness (QED) is 0.618. The van der Waals surface area contributed by atoms with Gasteiger partial charge in [0.25, 0.3) is 0 Å². The molecule has 0 aliphatic carbocycles. The summed E-state index contributed by atoms with van der Waals surface area (Å²) in [6, 6.07) is 22.5. The average molecular weight is 432 g/mol. The molecule has 3 aromatic carbocycles. The summed E-state index contributed by atoms with van der Waals surface area (Å²) < 4.78 is 18.4. The molecule has 3 aromatic rings. The molecule has 0 spiro atoms. The van der Waals surface area contributed by atoms with Gasteiger partial charge in [-0.05, 0) is 53.9 Å². The number of piperidine rings is 1. The third kappa shape index (κ3) is 4.64. The summed E-state index contributed by atoms with van der Waals surface area (Å²) in [5.41, 5.74) is 2.44. The Kier molecular flexibility index (Phi) is 6.50. The minimum absolute atomic E-state index is 0.0217. The molecule has 1 heterocycles. The van der Waals surface area contributed by atoms with Gasteiger partial charge < -0.3 is 15.0 Å². The highest BCUT2D eigenvalue weighted by atomic mass is 19.1. The standard InChI is InChI=1S/C26H25FN2O3/c1-32-22-13-11-21(12-14-22)29-24(30)16-15-23(25(29)19-5-3-2-4-6-19)26(31)28-17-18-7-9-20(27)10-8-18/h2-14,23,25H,15-17H2,1H3,(H,28,31)/t23-,25-/m1/s1. The van der Waals surface area contributed by atoms with E-state index >= 15 is 0 Å². The molecule has 6 heteroatoms. The first-order chi connectivity index (χ1) is 15.6. The van der Waals surface area contributed by atoms with Crippen LogP contribution in [0.3, 0.4) is 0 Å². The van der Waals surface area contributed by atoms with Gasteiger partial charge in [0.1, 0.15) is 11.6 Å². The van der Waals surface area contributed by atoms with Crippen LogP contribution in [0.5, 0.6) is 5.75 Å². The van der Waals surface area contributed by atoms with E-state index in [9.17, 15) is 14.0 Å². The molecule has 32 heavy (non-hydrogen) atoms. The highest BCUT2D eigenvalue weighted by molar-refractivity contribution is 5.97. The summed E-state index contributed by atoms with van der Waals surface area (Å²) in [7, 11) is 1.59. The first-order valence-corrected chi connectivity index (χ1v) is 10.6. The Hall–Kier alpha value is -3.67. The normalized spacial score (nSPS) is 18.3. The zero-order chi connectivity index (χ0) is 22.5. The van der Waals surface area contributed by atoms with Crippen molar-refractivity contribution < 1.29 is 18.7 Å². The van der Waals surface area contributed by atoms with Crippen molar-refractivity contribution in [2.75, 3.05) is 12.0 Å². The van der Waals surface area contributed by atoms with Crippen LogP contribution in [-0.2, 0) is 16.1 Å². The Bertz CT molecular complexity index is 1070. The number of hydrogen-bond donors (Lipinski definition) is 1. The number of rotatable bonds is 6. The number of amides is 2. The van der Waals surface area contributed by atoms with Crippen molar-refractivity contribution in [3.05, 3.63) is 95.8 Å². The third-order valence-corrected chi connectivity index (χ3v) is 5.81. The maximum absolute atomic E-state index is 13.3. The van der Waals surface area contributed by atoms with Gasteiger partial charge in [-0.1, -0.05) is 42.5 Å². The van der Waals surface area contributed by atoms with E-state index in [1.54, 1.807) is 24.1 Å². The number of nitrogens with zero attached hydrogens (tertiary/aromatic N) is 1. The van der Waals surface area contributed by atoms with Crippen LogP contribution in [0.2, 0.25) is 0 Å². The summed E-state index contributed by atoms with van der Waals surface area (Å²) in [6.45, 7) is 0.299. The first kappa shape index (κ1) is 21.6.